The van der Waals surface area contributed by atoms with E-state index in [1.165, 1.54) is 0 Å². The van der Waals surface area contributed by atoms with Crippen molar-refractivity contribution in [3.8, 4) is 0 Å². The van der Waals surface area contributed by atoms with Gasteiger partial charge in [0.1, 0.15) is 5.69 Å². The van der Waals surface area contributed by atoms with Crippen LogP contribution in [0.5, 0.6) is 0 Å². The summed E-state index contributed by atoms with van der Waals surface area (Å²) in [6.45, 7) is 6.38. The fraction of sp³-hybridized carbons (Fsp3) is 0.611. The molecule has 0 spiro atoms. The summed E-state index contributed by atoms with van der Waals surface area (Å²) < 4.78 is 5.43. The van der Waals surface area contributed by atoms with Crippen molar-refractivity contribution in [3.63, 3.8) is 0 Å². The van der Waals surface area contributed by atoms with Crippen LogP contribution in [0.2, 0.25) is 0 Å². The summed E-state index contributed by atoms with van der Waals surface area (Å²) in [7, 11) is 0. The minimum Gasteiger partial charge on any atom is -0.381 e. The van der Waals surface area contributed by atoms with Crippen LogP contribution >= 0.6 is 0 Å². The van der Waals surface area contributed by atoms with Crippen LogP contribution in [0.4, 0.5) is 4.79 Å². The van der Waals surface area contributed by atoms with Crippen molar-refractivity contribution >= 4 is 11.9 Å². The van der Waals surface area contributed by atoms with E-state index in [1.54, 1.807) is 23.2 Å². The van der Waals surface area contributed by atoms with Crippen molar-refractivity contribution in [2.45, 2.75) is 44.8 Å². The number of hydrogen-bond acceptors (Lipinski definition) is 4. The van der Waals surface area contributed by atoms with Crippen LogP contribution in [-0.4, -0.2) is 71.2 Å². The molecule has 0 bridgehead atoms. The molecule has 2 fully saturated rings. The van der Waals surface area contributed by atoms with Gasteiger partial charge in [-0.05, 0) is 38.8 Å². The molecule has 0 aliphatic carbocycles. The zero-order valence-corrected chi connectivity index (χ0v) is 14.9. The number of urea groups is 1. The van der Waals surface area contributed by atoms with E-state index in [-0.39, 0.29) is 30.1 Å². The monoisotopic (exact) mass is 346 g/mol. The molecule has 25 heavy (non-hydrogen) atoms. The topological polar surface area (TPSA) is 74.8 Å². The van der Waals surface area contributed by atoms with Gasteiger partial charge in [-0.1, -0.05) is 6.07 Å². The Labute approximate surface area is 148 Å². The lowest BCUT2D eigenvalue weighted by molar-refractivity contribution is -0.00540. The Kier molecular flexibility index (Phi) is 5.53. The molecule has 7 nitrogen and oxygen atoms in total. The Morgan fingerprint density at radius 3 is 2.56 bits per heavy atom. The Morgan fingerprint density at radius 1 is 1.24 bits per heavy atom. The maximum atomic E-state index is 12.7. The summed E-state index contributed by atoms with van der Waals surface area (Å²) in [4.78, 5) is 32.9. The smallest absolute Gasteiger partial charge is 0.318 e. The van der Waals surface area contributed by atoms with E-state index in [1.807, 2.05) is 24.8 Å². The molecule has 2 aliphatic rings. The number of likely N-dealkylation sites (tertiary alicyclic amines) is 1. The first kappa shape index (κ1) is 17.7. The van der Waals surface area contributed by atoms with Gasteiger partial charge in [0, 0.05) is 44.6 Å². The Bertz CT molecular complexity index is 596. The highest BCUT2D eigenvalue weighted by molar-refractivity contribution is 5.93. The van der Waals surface area contributed by atoms with Gasteiger partial charge in [0.2, 0.25) is 0 Å². The van der Waals surface area contributed by atoms with E-state index in [0.29, 0.717) is 32.0 Å². The minimum atomic E-state index is -0.0759. The fourth-order valence-electron chi connectivity index (χ4n) is 3.36. The maximum Gasteiger partial charge on any atom is 0.318 e. The molecule has 2 aliphatic heterocycles. The number of carbonyl (C=O) groups is 2. The molecular weight excluding hydrogens is 320 g/mol. The molecule has 0 unspecified atom stereocenters. The molecule has 3 rings (SSSR count). The molecule has 0 saturated carbocycles. The van der Waals surface area contributed by atoms with E-state index in [2.05, 4.69) is 10.3 Å². The van der Waals surface area contributed by atoms with Crippen LogP contribution in [0.1, 0.15) is 37.2 Å². The summed E-state index contributed by atoms with van der Waals surface area (Å²) in [5, 5.41) is 3.00. The van der Waals surface area contributed by atoms with E-state index in [9.17, 15) is 9.59 Å². The molecule has 1 N–H and O–H groups in total. The minimum absolute atomic E-state index is 0.0446. The van der Waals surface area contributed by atoms with Crippen molar-refractivity contribution in [1.82, 2.24) is 20.1 Å². The largest absolute Gasteiger partial charge is 0.381 e. The number of carbonyl (C=O) groups excluding carboxylic acids is 2. The van der Waals surface area contributed by atoms with E-state index >= 15 is 0 Å². The van der Waals surface area contributed by atoms with Gasteiger partial charge in [-0.15, -0.1) is 0 Å². The van der Waals surface area contributed by atoms with Crippen LogP contribution in [-0.2, 0) is 4.74 Å². The van der Waals surface area contributed by atoms with Crippen LogP contribution in [0.25, 0.3) is 0 Å². The van der Waals surface area contributed by atoms with Crippen LogP contribution in [0.3, 0.4) is 0 Å². The molecule has 2 saturated heterocycles. The Balaban J connectivity index is 1.64. The van der Waals surface area contributed by atoms with Gasteiger partial charge in [-0.25, -0.2) is 4.79 Å². The van der Waals surface area contributed by atoms with Gasteiger partial charge in [0.05, 0.1) is 6.04 Å². The van der Waals surface area contributed by atoms with Gasteiger partial charge in [-0.3, -0.25) is 9.78 Å². The number of aromatic nitrogens is 1. The lowest BCUT2D eigenvalue weighted by Crippen LogP contribution is -2.66. The van der Waals surface area contributed by atoms with Crippen LogP contribution < -0.4 is 5.32 Å². The fourth-order valence-corrected chi connectivity index (χ4v) is 3.36. The zero-order valence-electron chi connectivity index (χ0n) is 14.9. The number of nitrogens with one attached hydrogen (secondary N) is 1. The number of rotatable bonds is 4. The highest BCUT2D eigenvalue weighted by Crippen LogP contribution is 2.24. The molecule has 7 heteroatoms. The predicted octanol–water partition coefficient (Wildman–Crippen LogP) is 1.50. The number of pyridine rings is 1. The van der Waals surface area contributed by atoms with Gasteiger partial charge in [-0.2, -0.15) is 0 Å². The second-order valence-electron chi connectivity index (χ2n) is 6.93. The van der Waals surface area contributed by atoms with Gasteiger partial charge in [0.25, 0.3) is 5.91 Å². The Morgan fingerprint density at radius 2 is 1.96 bits per heavy atom. The molecular formula is C18H26N4O3. The SMILES string of the molecule is CC(C)NC(=O)N(C1CCOCC1)C1CN(C(=O)c2ccccn2)C1. The third-order valence-corrected chi connectivity index (χ3v) is 4.66. The molecule has 0 radical (unpaired) electrons. The van der Waals surface area contributed by atoms with Crippen molar-refractivity contribution in [2.24, 2.45) is 0 Å². The quantitative estimate of drug-likeness (QED) is 0.897. The predicted molar refractivity (Wildman–Crippen MR) is 93.3 cm³/mol. The third kappa shape index (κ3) is 4.10. The standard InChI is InChI=1S/C18H26N4O3/c1-13(2)20-18(24)22(14-6-9-25-10-7-14)15-11-21(12-15)17(23)16-5-3-4-8-19-16/h3-5,8,13-15H,6-7,9-12H2,1-2H3,(H,20,24). The first-order valence-electron chi connectivity index (χ1n) is 8.93. The second kappa shape index (κ2) is 7.82. The summed E-state index contributed by atoms with van der Waals surface area (Å²) in [6.07, 6.45) is 3.31. The number of ether oxygens (including phenoxy) is 1. The Hall–Kier alpha value is -2.15. The van der Waals surface area contributed by atoms with Gasteiger partial charge in [0.15, 0.2) is 0 Å². The summed E-state index contributed by atoms with van der Waals surface area (Å²) in [5.74, 6) is -0.0759. The number of hydrogen-bond donors (Lipinski definition) is 1. The summed E-state index contributed by atoms with van der Waals surface area (Å²) >= 11 is 0. The highest BCUT2D eigenvalue weighted by Gasteiger charge is 2.41. The van der Waals surface area contributed by atoms with Crippen molar-refractivity contribution in [3.05, 3.63) is 30.1 Å². The molecule has 136 valence electrons. The lowest BCUT2D eigenvalue weighted by atomic mass is 10.00. The zero-order chi connectivity index (χ0) is 17.8. The van der Waals surface area contributed by atoms with E-state index in [4.69, 9.17) is 4.74 Å². The second-order valence-corrected chi connectivity index (χ2v) is 6.93. The average molecular weight is 346 g/mol. The normalized spacial score (nSPS) is 18.8. The first-order valence-corrected chi connectivity index (χ1v) is 8.93. The maximum absolute atomic E-state index is 12.7. The van der Waals surface area contributed by atoms with Crippen molar-refractivity contribution < 1.29 is 14.3 Å². The summed E-state index contributed by atoms with van der Waals surface area (Å²) in [6, 6.07) is 5.58. The van der Waals surface area contributed by atoms with Crippen molar-refractivity contribution in [1.29, 1.82) is 0 Å². The molecule has 0 aromatic carbocycles. The van der Waals surface area contributed by atoms with Crippen LogP contribution in [0, 0.1) is 0 Å². The lowest BCUT2D eigenvalue weighted by Gasteiger charge is -2.48. The van der Waals surface area contributed by atoms with Crippen LogP contribution in [0.15, 0.2) is 24.4 Å². The number of amides is 3. The first-order chi connectivity index (χ1) is 12.1. The van der Waals surface area contributed by atoms with Gasteiger partial charge < -0.3 is 19.9 Å². The van der Waals surface area contributed by atoms with Gasteiger partial charge >= 0.3 is 6.03 Å². The summed E-state index contributed by atoms with van der Waals surface area (Å²) in [5.41, 5.74) is 0.449. The molecule has 3 amide bonds. The third-order valence-electron chi connectivity index (χ3n) is 4.66. The molecule has 0 atom stereocenters. The van der Waals surface area contributed by atoms with E-state index in [0.717, 1.165) is 12.8 Å². The number of nitrogens with zero attached hydrogens (tertiary/aromatic N) is 3. The van der Waals surface area contributed by atoms with Crippen molar-refractivity contribution in [2.75, 3.05) is 26.3 Å². The average Bonchev–Trinajstić information content (AvgIpc) is 2.58. The molecule has 1 aromatic heterocycles. The van der Waals surface area contributed by atoms with E-state index < -0.39 is 0 Å². The highest BCUT2D eigenvalue weighted by atomic mass is 16.5. The molecule has 3 heterocycles. The molecule has 1 aromatic rings.